The van der Waals surface area contributed by atoms with Crippen molar-refractivity contribution >= 4 is 75.0 Å². The summed E-state index contributed by atoms with van der Waals surface area (Å²) in [6, 6.07) is 0.576. The fraction of sp³-hybridized carbons (Fsp3) is 0.250. The first-order chi connectivity index (χ1) is 18.7. The topological polar surface area (TPSA) is 228 Å². The third-order valence-corrected chi connectivity index (χ3v) is 8.56. The maximum Gasteiger partial charge on any atom is 0.374 e. The molecule has 3 aromatic rings. The van der Waals surface area contributed by atoms with E-state index in [2.05, 4.69) is 30.8 Å². The number of aromatic nitrogens is 5. The van der Waals surface area contributed by atoms with Gasteiger partial charge in [-0.2, -0.15) is 4.52 Å². The predicted molar refractivity (Wildman–Crippen MR) is 138 cm³/mol. The lowest BCUT2D eigenvalue weighted by atomic mass is 10.0. The van der Waals surface area contributed by atoms with E-state index in [1.54, 1.807) is 6.07 Å². The van der Waals surface area contributed by atoms with Crippen molar-refractivity contribution < 1.29 is 34.2 Å². The van der Waals surface area contributed by atoms with Crippen LogP contribution in [0.4, 0.5) is 5.13 Å². The standard InChI is InChI=1S/C20H17N9O7S3/c1-36-26-11(9-6-39-20(21)23-9)15(30)25-12-16(31)28-13(18(32)33)7(5-38-17(12)28)4-37-10-2-8-3-22-27-29(8)14(24-10)19(34)35/h2-3,6,12,17H,4-5H2,1H3,(H2,21,23)(H,25,30)(H,32,33)(H,34,35)/t12-,17-/m1/s1. The van der Waals surface area contributed by atoms with Crippen LogP contribution in [0, 0.1) is 0 Å². The number of aromatic carboxylic acids is 1. The summed E-state index contributed by atoms with van der Waals surface area (Å²) in [5.41, 5.74) is 6.29. The number of hydrogen-bond donors (Lipinski definition) is 4. The van der Waals surface area contributed by atoms with Gasteiger partial charge in [0, 0.05) is 16.9 Å². The fourth-order valence-electron chi connectivity index (χ4n) is 3.89. The lowest BCUT2D eigenvalue weighted by molar-refractivity contribution is -0.150. The molecule has 2 amide bonds. The number of anilines is 1. The smallest absolute Gasteiger partial charge is 0.374 e. The Balaban J connectivity index is 1.33. The summed E-state index contributed by atoms with van der Waals surface area (Å²) in [6.45, 7) is 0. The largest absolute Gasteiger partial charge is 0.477 e. The lowest BCUT2D eigenvalue weighted by Crippen LogP contribution is -2.71. The molecule has 0 spiro atoms. The van der Waals surface area contributed by atoms with Crippen molar-refractivity contribution in [2.24, 2.45) is 5.16 Å². The summed E-state index contributed by atoms with van der Waals surface area (Å²) in [5.74, 6) is -3.90. The summed E-state index contributed by atoms with van der Waals surface area (Å²) in [6.07, 6.45) is 1.38. The molecule has 2 aliphatic rings. The van der Waals surface area contributed by atoms with E-state index < -0.39 is 35.2 Å². The van der Waals surface area contributed by atoms with Crippen LogP contribution in [0.5, 0.6) is 0 Å². The molecule has 3 aromatic heterocycles. The second-order valence-electron chi connectivity index (χ2n) is 7.89. The fourth-order valence-corrected chi connectivity index (χ4v) is 6.83. The van der Waals surface area contributed by atoms with Gasteiger partial charge in [0.2, 0.25) is 5.82 Å². The molecule has 0 bridgehead atoms. The van der Waals surface area contributed by atoms with Crippen molar-refractivity contribution in [2.45, 2.75) is 16.4 Å². The third-order valence-electron chi connectivity index (χ3n) is 5.55. The number of thioether (sulfide) groups is 2. The minimum atomic E-state index is -1.30. The summed E-state index contributed by atoms with van der Waals surface area (Å²) in [5, 5.41) is 34.4. The molecule has 202 valence electrons. The normalized spacial score (nSPS) is 19.1. The average Bonchev–Trinajstić information content (AvgIpc) is 3.56. The predicted octanol–water partition coefficient (Wildman–Crippen LogP) is -0.257. The minimum Gasteiger partial charge on any atom is -0.477 e. The number of fused-ring (bicyclic) bond motifs is 2. The summed E-state index contributed by atoms with van der Waals surface area (Å²) in [4.78, 5) is 63.6. The Morgan fingerprint density at radius 3 is 2.77 bits per heavy atom. The molecule has 1 saturated heterocycles. The van der Waals surface area contributed by atoms with E-state index >= 15 is 0 Å². The van der Waals surface area contributed by atoms with Gasteiger partial charge in [0.25, 0.3) is 11.8 Å². The Kier molecular flexibility index (Phi) is 7.10. The first-order valence-electron chi connectivity index (χ1n) is 10.8. The molecule has 0 aromatic carbocycles. The van der Waals surface area contributed by atoms with Gasteiger partial charge in [-0.1, -0.05) is 10.4 Å². The molecule has 5 heterocycles. The van der Waals surface area contributed by atoms with Crippen molar-refractivity contribution in [3.63, 3.8) is 0 Å². The van der Waals surface area contributed by atoms with E-state index in [9.17, 15) is 29.4 Å². The van der Waals surface area contributed by atoms with Crippen LogP contribution in [0.3, 0.4) is 0 Å². The number of carboxylic acids is 2. The number of nitrogens with one attached hydrogen (secondary N) is 1. The summed E-state index contributed by atoms with van der Waals surface area (Å²) in [7, 11) is 1.25. The summed E-state index contributed by atoms with van der Waals surface area (Å²) < 4.78 is 1.08. The molecule has 0 aliphatic carbocycles. The molecule has 39 heavy (non-hydrogen) atoms. The van der Waals surface area contributed by atoms with Gasteiger partial charge < -0.3 is 26.1 Å². The van der Waals surface area contributed by atoms with Crippen molar-refractivity contribution in [3.8, 4) is 0 Å². The van der Waals surface area contributed by atoms with Gasteiger partial charge in [0.1, 0.15) is 34.9 Å². The van der Waals surface area contributed by atoms with Crippen molar-refractivity contribution in [2.75, 3.05) is 24.3 Å². The Hall–Kier alpha value is -4.23. The number of nitrogens with two attached hydrogens (primary N) is 1. The monoisotopic (exact) mass is 591 g/mol. The van der Waals surface area contributed by atoms with Crippen LogP contribution in [-0.2, 0) is 19.2 Å². The van der Waals surface area contributed by atoms with Crippen LogP contribution in [0.15, 0.2) is 39.1 Å². The number of thiazole rings is 1. The molecular weight excluding hydrogens is 574 g/mol. The number of amides is 2. The van der Waals surface area contributed by atoms with Crippen LogP contribution in [0.2, 0.25) is 0 Å². The maximum atomic E-state index is 13.0. The van der Waals surface area contributed by atoms with E-state index in [1.165, 1.54) is 30.4 Å². The van der Waals surface area contributed by atoms with Gasteiger partial charge in [0.05, 0.1) is 11.7 Å². The highest BCUT2D eigenvalue weighted by molar-refractivity contribution is 8.01. The highest BCUT2D eigenvalue weighted by Crippen LogP contribution is 2.41. The van der Waals surface area contributed by atoms with E-state index in [4.69, 9.17) is 10.6 Å². The van der Waals surface area contributed by atoms with E-state index in [0.717, 1.165) is 32.5 Å². The maximum absolute atomic E-state index is 13.0. The third kappa shape index (κ3) is 4.86. The Labute approximate surface area is 230 Å². The number of carbonyl (C=O) groups is 4. The van der Waals surface area contributed by atoms with Gasteiger partial charge in [-0.15, -0.1) is 40.0 Å². The minimum absolute atomic E-state index is 0.127. The number of rotatable bonds is 9. The quantitative estimate of drug-likeness (QED) is 0.0827. The zero-order valence-electron chi connectivity index (χ0n) is 19.7. The van der Waals surface area contributed by atoms with Crippen molar-refractivity contribution in [3.05, 3.63) is 40.4 Å². The SMILES string of the molecule is CON=C(C(=O)N[C@@H]1C(=O)N2C(C(=O)O)=C(CSc3cc4cnnn4c(C(=O)O)n3)CS[C@H]12)c1csc(N)n1. The number of carboxylic acid groups (broad SMARTS) is 2. The zero-order valence-corrected chi connectivity index (χ0v) is 22.1. The van der Waals surface area contributed by atoms with Crippen LogP contribution < -0.4 is 11.1 Å². The van der Waals surface area contributed by atoms with E-state index in [-0.39, 0.29) is 39.6 Å². The first-order valence-corrected chi connectivity index (χ1v) is 13.7. The number of carbonyl (C=O) groups excluding carboxylic acids is 2. The lowest BCUT2D eigenvalue weighted by Gasteiger charge is -2.49. The molecule has 16 nitrogen and oxygen atoms in total. The zero-order chi connectivity index (χ0) is 27.8. The van der Waals surface area contributed by atoms with Crippen LogP contribution in [-0.4, -0.2) is 99.4 Å². The molecule has 2 atom stereocenters. The van der Waals surface area contributed by atoms with Gasteiger partial charge in [-0.3, -0.25) is 14.5 Å². The molecule has 5 N–H and O–H groups in total. The highest BCUT2D eigenvalue weighted by Gasteiger charge is 2.54. The highest BCUT2D eigenvalue weighted by atomic mass is 32.2. The number of oxime groups is 1. The van der Waals surface area contributed by atoms with Gasteiger partial charge in [-0.05, 0) is 11.6 Å². The van der Waals surface area contributed by atoms with Crippen molar-refractivity contribution in [1.29, 1.82) is 0 Å². The number of aliphatic carboxylic acids is 1. The van der Waals surface area contributed by atoms with Gasteiger partial charge in [0.15, 0.2) is 10.8 Å². The molecule has 19 heteroatoms. The van der Waals surface area contributed by atoms with Gasteiger partial charge >= 0.3 is 11.9 Å². The Morgan fingerprint density at radius 2 is 2.10 bits per heavy atom. The van der Waals surface area contributed by atoms with Crippen LogP contribution >= 0.6 is 34.9 Å². The number of β-lactam (4-membered cyclic amide) rings is 1. The Morgan fingerprint density at radius 1 is 1.31 bits per heavy atom. The number of hydrogen-bond acceptors (Lipinski definition) is 14. The van der Waals surface area contributed by atoms with E-state index in [1.807, 2.05) is 0 Å². The number of nitrogens with zero attached hydrogens (tertiary/aromatic N) is 7. The molecule has 5 rings (SSSR count). The van der Waals surface area contributed by atoms with E-state index in [0.29, 0.717) is 16.1 Å². The summed E-state index contributed by atoms with van der Waals surface area (Å²) >= 11 is 3.50. The second kappa shape index (κ2) is 10.5. The molecule has 0 saturated carbocycles. The first kappa shape index (κ1) is 26.4. The van der Waals surface area contributed by atoms with Gasteiger partial charge in [-0.25, -0.2) is 19.6 Å². The van der Waals surface area contributed by atoms with Crippen LogP contribution in [0.1, 0.15) is 16.3 Å². The molecule has 1 fully saturated rings. The molecule has 0 radical (unpaired) electrons. The molecule has 0 unspecified atom stereocenters. The average molecular weight is 592 g/mol. The second-order valence-corrected chi connectivity index (χ2v) is 10.9. The number of nitrogen functional groups attached to an aromatic ring is 1. The molecule has 2 aliphatic heterocycles. The van der Waals surface area contributed by atoms with Crippen molar-refractivity contribution in [1.82, 2.24) is 35.0 Å². The molecular formula is C20H17N9O7S3. The van der Waals surface area contributed by atoms with Crippen LogP contribution in [0.25, 0.3) is 5.52 Å². The Bertz CT molecular complexity index is 1580.